The third kappa shape index (κ3) is 2.68. The van der Waals surface area contributed by atoms with Gasteiger partial charge in [0.05, 0.1) is 18.2 Å². The number of piperidine rings is 1. The Morgan fingerprint density at radius 3 is 2.76 bits per heavy atom. The molecule has 7 nitrogen and oxygen atoms in total. The quantitative estimate of drug-likeness (QED) is 0.641. The van der Waals surface area contributed by atoms with E-state index in [1.165, 1.54) is 16.8 Å². The van der Waals surface area contributed by atoms with Gasteiger partial charge in [0.2, 0.25) is 0 Å². The number of aromatic nitrogens is 2. The standard InChI is InChI=1S/C14H21N3O4/c1-13(20)9-21-14(3-5-15-6-4-14)8-10(13)17-7-2-11(18)16-12(17)19/h2,7,10,15,20H,3-6,8-9H2,1H3,(H,16,18,19)/t10-,13-/m0/s1. The molecule has 0 bridgehead atoms. The Morgan fingerprint density at radius 1 is 1.38 bits per heavy atom. The van der Waals surface area contributed by atoms with Gasteiger partial charge in [-0.1, -0.05) is 0 Å². The van der Waals surface area contributed by atoms with Crippen LogP contribution in [0.4, 0.5) is 0 Å². The maximum atomic E-state index is 12.0. The Kier molecular flexibility index (Phi) is 3.51. The summed E-state index contributed by atoms with van der Waals surface area (Å²) >= 11 is 0. The van der Waals surface area contributed by atoms with Crippen molar-refractivity contribution in [1.29, 1.82) is 0 Å². The van der Waals surface area contributed by atoms with Crippen LogP contribution in [0.15, 0.2) is 21.9 Å². The monoisotopic (exact) mass is 295 g/mol. The summed E-state index contributed by atoms with van der Waals surface area (Å²) in [6.45, 7) is 3.59. The molecule has 1 spiro atoms. The molecule has 0 radical (unpaired) electrons. The van der Waals surface area contributed by atoms with Crippen molar-refractivity contribution in [2.45, 2.75) is 43.4 Å². The highest BCUT2D eigenvalue weighted by Gasteiger charge is 2.48. The molecule has 3 heterocycles. The smallest absolute Gasteiger partial charge is 0.328 e. The average Bonchev–Trinajstić information content (AvgIpc) is 2.44. The van der Waals surface area contributed by atoms with Gasteiger partial charge in [-0.05, 0) is 32.9 Å². The van der Waals surface area contributed by atoms with E-state index in [-0.39, 0.29) is 12.2 Å². The van der Waals surface area contributed by atoms with Crippen molar-refractivity contribution in [2.24, 2.45) is 0 Å². The minimum absolute atomic E-state index is 0.184. The van der Waals surface area contributed by atoms with Crippen LogP contribution < -0.4 is 16.6 Å². The molecule has 3 N–H and O–H groups in total. The minimum atomic E-state index is -1.14. The molecule has 7 heteroatoms. The third-order valence-electron chi connectivity index (χ3n) is 4.66. The maximum absolute atomic E-state index is 12.0. The number of hydrogen-bond acceptors (Lipinski definition) is 5. The second-order valence-corrected chi connectivity index (χ2v) is 6.32. The fourth-order valence-electron chi connectivity index (χ4n) is 3.33. The summed E-state index contributed by atoms with van der Waals surface area (Å²) in [6.07, 6.45) is 3.74. The zero-order chi connectivity index (χ0) is 15.1. The van der Waals surface area contributed by atoms with Gasteiger partial charge in [0.1, 0.15) is 5.60 Å². The van der Waals surface area contributed by atoms with Gasteiger partial charge in [0.15, 0.2) is 0 Å². The zero-order valence-corrected chi connectivity index (χ0v) is 12.1. The molecule has 2 saturated heterocycles. The molecule has 3 rings (SSSR count). The molecule has 1 aromatic heterocycles. The van der Waals surface area contributed by atoms with E-state index in [4.69, 9.17) is 4.74 Å². The van der Waals surface area contributed by atoms with Gasteiger partial charge in [-0.15, -0.1) is 0 Å². The fraction of sp³-hybridized carbons (Fsp3) is 0.714. The van der Waals surface area contributed by atoms with E-state index < -0.39 is 22.9 Å². The van der Waals surface area contributed by atoms with Crippen LogP contribution in [0.5, 0.6) is 0 Å². The van der Waals surface area contributed by atoms with E-state index in [1.807, 2.05) is 0 Å². The predicted octanol–water partition coefficient (Wildman–Crippen LogP) is -0.629. The summed E-state index contributed by atoms with van der Waals surface area (Å²) < 4.78 is 7.38. The normalized spacial score (nSPS) is 32.2. The highest BCUT2D eigenvalue weighted by molar-refractivity contribution is 5.02. The van der Waals surface area contributed by atoms with Crippen LogP contribution in [0.2, 0.25) is 0 Å². The summed E-state index contributed by atoms with van der Waals surface area (Å²) in [7, 11) is 0. The Labute approximate surface area is 121 Å². The fourth-order valence-corrected chi connectivity index (χ4v) is 3.33. The molecule has 0 amide bonds. The summed E-state index contributed by atoms with van der Waals surface area (Å²) in [5, 5.41) is 13.9. The van der Waals surface area contributed by atoms with Crippen molar-refractivity contribution in [3.05, 3.63) is 33.1 Å². The van der Waals surface area contributed by atoms with Crippen molar-refractivity contribution >= 4 is 0 Å². The maximum Gasteiger partial charge on any atom is 0.328 e. The lowest BCUT2D eigenvalue weighted by molar-refractivity contribution is -0.195. The molecule has 2 aliphatic rings. The molecule has 0 saturated carbocycles. The number of aromatic amines is 1. The number of nitrogens with zero attached hydrogens (tertiary/aromatic N) is 1. The van der Waals surface area contributed by atoms with Crippen molar-refractivity contribution in [3.8, 4) is 0 Å². The Balaban J connectivity index is 1.96. The summed E-state index contributed by atoms with van der Waals surface area (Å²) in [5.74, 6) is 0. The SMILES string of the molecule is C[C@]1(O)COC2(CCNCC2)C[C@@H]1n1ccc(=O)[nH]c1=O. The predicted molar refractivity (Wildman–Crippen MR) is 76.4 cm³/mol. The molecule has 0 aromatic carbocycles. The number of hydrogen-bond donors (Lipinski definition) is 3. The first-order valence-corrected chi connectivity index (χ1v) is 7.30. The molecule has 1 aromatic rings. The minimum Gasteiger partial charge on any atom is -0.386 e. The van der Waals surface area contributed by atoms with Gasteiger partial charge in [-0.25, -0.2) is 4.79 Å². The van der Waals surface area contributed by atoms with Gasteiger partial charge in [0, 0.05) is 18.7 Å². The topological polar surface area (TPSA) is 96.3 Å². The van der Waals surface area contributed by atoms with Crippen molar-refractivity contribution in [1.82, 2.24) is 14.9 Å². The van der Waals surface area contributed by atoms with Gasteiger partial charge in [-0.3, -0.25) is 14.3 Å². The molecule has 2 aliphatic heterocycles. The van der Waals surface area contributed by atoms with Crippen molar-refractivity contribution in [2.75, 3.05) is 19.7 Å². The summed E-state index contributed by atoms with van der Waals surface area (Å²) in [6, 6.07) is 0.899. The van der Waals surface area contributed by atoms with Crippen LogP contribution in [0.3, 0.4) is 0 Å². The second kappa shape index (κ2) is 5.08. The molecule has 2 atom stereocenters. The van der Waals surface area contributed by atoms with Crippen LogP contribution in [-0.2, 0) is 4.74 Å². The van der Waals surface area contributed by atoms with E-state index in [0.717, 1.165) is 25.9 Å². The first-order valence-electron chi connectivity index (χ1n) is 7.30. The number of ether oxygens (including phenoxy) is 1. The molecule has 116 valence electrons. The summed E-state index contributed by atoms with van der Waals surface area (Å²) in [5.41, 5.74) is -2.36. The van der Waals surface area contributed by atoms with Gasteiger partial charge in [-0.2, -0.15) is 0 Å². The molecule has 21 heavy (non-hydrogen) atoms. The van der Waals surface area contributed by atoms with Crippen LogP contribution in [-0.4, -0.2) is 45.6 Å². The van der Waals surface area contributed by atoms with E-state index >= 15 is 0 Å². The molecule has 0 aliphatic carbocycles. The highest BCUT2D eigenvalue weighted by Crippen LogP contribution is 2.42. The van der Waals surface area contributed by atoms with Gasteiger partial charge in [0.25, 0.3) is 5.56 Å². The third-order valence-corrected chi connectivity index (χ3v) is 4.66. The first kappa shape index (κ1) is 14.5. The van der Waals surface area contributed by atoms with E-state index in [0.29, 0.717) is 6.42 Å². The lowest BCUT2D eigenvalue weighted by Crippen LogP contribution is -2.58. The van der Waals surface area contributed by atoms with Crippen molar-refractivity contribution < 1.29 is 9.84 Å². The summed E-state index contributed by atoms with van der Waals surface area (Å²) in [4.78, 5) is 25.5. The van der Waals surface area contributed by atoms with Crippen LogP contribution in [0.1, 0.15) is 32.2 Å². The van der Waals surface area contributed by atoms with Crippen LogP contribution >= 0.6 is 0 Å². The number of nitrogens with one attached hydrogen (secondary N) is 2. The van der Waals surface area contributed by atoms with Gasteiger partial charge < -0.3 is 15.2 Å². The lowest BCUT2D eigenvalue weighted by atomic mass is 9.77. The number of rotatable bonds is 1. The molecule has 2 fully saturated rings. The van der Waals surface area contributed by atoms with E-state index in [2.05, 4.69) is 10.3 Å². The molecule has 0 unspecified atom stereocenters. The van der Waals surface area contributed by atoms with E-state index in [9.17, 15) is 14.7 Å². The number of aliphatic hydroxyl groups is 1. The Morgan fingerprint density at radius 2 is 2.10 bits per heavy atom. The first-order chi connectivity index (χ1) is 9.92. The van der Waals surface area contributed by atoms with Crippen molar-refractivity contribution in [3.63, 3.8) is 0 Å². The van der Waals surface area contributed by atoms with Crippen LogP contribution in [0, 0.1) is 0 Å². The largest absolute Gasteiger partial charge is 0.386 e. The average molecular weight is 295 g/mol. The number of H-pyrrole nitrogens is 1. The van der Waals surface area contributed by atoms with Gasteiger partial charge >= 0.3 is 5.69 Å². The van der Waals surface area contributed by atoms with E-state index in [1.54, 1.807) is 6.92 Å². The lowest BCUT2D eigenvalue weighted by Gasteiger charge is -2.49. The second-order valence-electron chi connectivity index (χ2n) is 6.32. The Bertz CT molecular complexity index is 628. The van der Waals surface area contributed by atoms with Crippen LogP contribution in [0.25, 0.3) is 0 Å². The zero-order valence-electron chi connectivity index (χ0n) is 12.1. The highest BCUT2D eigenvalue weighted by atomic mass is 16.5. The Hall–Kier alpha value is -1.44. The molecular formula is C14H21N3O4. The molecular weight excluding hydrogens is 274 g/mol.